The Kier molecular flexibility index (Phi) is 55.7. The summed E-state index contributed by atoms with van der Waals surface area (Å²) in [5.41, 5.74) is 0. The van der Waals surface area contributed by atoms with Gasteiger partial charge in [-0.25, -0.2) is 0 Å². The second-order valence-electron chi connectivity index (χ2n) is 7.80. The van der Waals surface area contributed by atoms with Crippen LogP contribution < -0.4 is 0 Å². The molecule has 5 heteroatoms. The van der Waals surface area contributed by atoms with Gasteiger partial charge in [-0.15, -0.1) is 63.8 Å². The monoisotopic (exact) mass is 855 g/mol. The van der Waals surface area contributed by atoms with Gasteiger partial charge in [0.05, 0.1) is 0 Å². The fourth-order valence-electron chi connectivity index (χ4n) is 2.96. The van der Waals surface area contributed by atoms with Crippen molar-refractivity contribution >= 4 is 63.8 Å². The first kappa shape index (κ1) is 42.2. The molecule has 0 spiro atoms. The minimum absolute atomic E-state index is 0. The Morgan fingerprint density at radius 2 is 0.483 bits per heavy atom. The molecule has 0 aromatic heterocycles. The molecule has 0 aliphatic carbocycles. The maximum Gasteiger partial charge on any atom is 0 e. The van der Waals surface area contributed by atoms with Gasteiger partial charge in [0, 0.05) is 21.1 Å². The van der Waals surface area contributed by atoms with Crippen LogP contribution in [0.3, 0.4) is 0 Å². The standard InChI is InChI=1S/2C12H27P.2HI.Pt/c2*1-4-7-10-13(11-8-5-2)12-9-6-3;;;/h2*4-12H2,1-3H3;2*1H;. The fraction of sp³-hybridized carbons (Fsp3) is 1.00. The number of unbranched alkanes of at least 4 members (excludes halogenated alkanes) is 6. The van der Waals surface area contributed by atoms with Crippen molar-refractivity contribution in [2.45, 2.75) is 119 Å². The van der Waals surface area contributed by atoms with Gasteiger partial charge in [0.1, 0.15) is 0 Å². The van der Waals surface area contributed by atoms with E-state index in [4.69, 9.17) is 0 Å². The van der Waals surface area contributed by atoms with Gasteiger partial charge in [0.25, 0.3) is 0 Å². The third-order valence-electron chi connectivity index (χ3n) is 4.97. The molecule has 0 unspecified atom stereocenters. The van der Waals surface area contributed by atoms with Crippen molar-refractivity contribution in [3.63, 3.8) is 0 Å². The molecule has 0 bridgehead atoms. The van der Waals surface area contributed by atoms with E-state index in [1.807, 2.05) is 0 Å². The van der Waals surface area contributed by atoms with Crippen LogP contribution >= 0.6 is 63.8 Å². The minimum atomic E-state index is 0. The molecule has 0 fully saturated rings. The number of hydrogen-bond acceptors (Lipinski definition) is 0. The largest absolute Gasteiger partial charge is 0.107 e. The van der Waals surface area contributed by atoms with E-state index >= 15 is 0 Å². The molecule has 0 aliphatic heterocycles. The zero-order chi connectivity index (χ0) is 19.9. The van der Waals surface area contributed by atoms with Gasteiger partial charge in [-0.1, -0.05) is 80.1 Å². The molecule has 0 amide bonds. The van der Waals surface area contributed by atoms with Gasteiger partial charge in [-0.2, -0.15) is 0 Å². The molecule has 0 aliphatic rings. The summed E-state index contributed by atoms with van der Waals surface area (Å²) in [7, 11) is 0.843. The van der Waals surface area contributed by atoms with Crippen molar-refractivity contribution in [2.75, 3.05) is 37.0 Å². The zero-order valence-electron chi connectivity index (χ0n) is 20.8. The summed E-state index contributed by atoms with van der Waals surface area (Å²) in [5, 5.41) is 0. The number of hydrogen-bond donors (Lipinski definition) is 0. The van der Waals surface area contributed by atoms with Crippen molar-refractivity contribution in [3.8, 4) is 0 Å². The van der Waals surface area contributed by atoms with Crippen LogP contribution in [-0.2, 0) is 21.1 Å². The summed E-state index contributed by atoms with van der Waals surface area (Å²) in [5.74, 6) is 0. The molecule has 0 aromatic carbocycles. The smallest absolute Gasteiger partial charge is 0 e. The SMILES string of the molecule is CCCCP(CCCC)CCCC.CCCCP(CCCC)CCCC.I.I.[Pt]. The maximum atomic E-state index is 2.31. The quantitative estimate of drug-likeness (QED) is 0.0952. The van der Waals surface area contributed by atoms with Crippen molar-refractivity contribution in [1.29, 1.82) is 0 Å². The van der Waals surface area contributed by atoms with Crippen LogP contribution in [0.15, 0.2) is 0 Å². The molecule has 0 aromatic rings. The predicted molar refractivity (Wildman–Crippen MR) is 163 cm³/mol. The fourth-order valence-corrected chi connectivity index (χ4v) is 8.88. The Bertz CT molecular complexity index is 185. The molecule has 186 valence electrons. The zero-order valence-corrected chi connectivity index (χ0v) is 29.5. The Morgan fingerprint density at radius 3 is 0.586 bits per heavy atom. The van der Waals surface area contributed by atoms with E-state index < -0.39 is 0 Å². The van der Waals surface area contributed by atoms with Gasteiger partial charge in [0.2, 0.25) is 0 Å². The summed E-state index contributed by atoms with van der Waals surface area (Å²) in [6.07, 6.45) is 26.4. The van der Waals surface area contributed by atoms with Crippen molar-refractivity contribution in [2.24, 2.45) is 0 Å². The van der Waals surface area contributed by atoms with Crippen LogP contribution in [0.4, 0.5) is 0 Å². The normalized spacial score (nSPS) is 9.93. The summed E-state index contributed by atoms with van der Waals surface area (Å²) in [6.45, 7) is 13.9. The molecule has 0 radical (unpaired) electrons. The topological polar surface area (TPSA) is 0 Å². The number of halogens is 2. The van der Waals surface area contributed by atoms with Crippen molar-refractivity contribution in [3.05, 3.63) is 0 Å². The predicted octanol–water partition coefficient (Wildman–Crippen LogP) is 11.0. The Morgan fingerprint density at radius 1 is 0.345 bits per heavy atom. The average molecular weight is 856 g/mol. The molecule has 0 saturated heterocycles. The molecular formula is C24H56I2P2Pt. The van der Waals surface area contributed by atoms with Crippen molar-refractivity contribution in [1.82, 2.24) is 0 Å². The second kappa shape index (κ2) is 38.3. The molecule has 29 heavy (non-hydrogen) atoms. The Hall–Kier alpha value is 3.01. The first-order chi connectivity index (χ1) is 12.7. The molecule has 0 nitrogen and oxygen atoms in total. The van der Waals surface area contributed by atoms with E-state index in [0.717, 1.165) is 0 Å². The van der Waals surface area contributed by atoms with E-state index in [9.17, 15) is 0 Å². The van der Waals surface area contributed by atoms with Gasteiger partial charge < -0.3 is 0 Å². The third-order valence-corrected chi connectivity index (χ3v) is 10.7. The van der Waals surface area contributed by atoms with Gasteiger partial charge in [0.15, 0.2) is 0 Å². The molecular weight excluding hydrogens is 799 g/mol. The molecule has 0 heterocycles. The van der Waals surface area contributed by atoms with Crippen LogP contribution in [0.5, 0.6) is 0 Å². The maximum absolute atomic E-state index is 2.31. The Balaban J connectivity index is -0.000000120. The van der Waals surface area contributed by atoms with Crippen LogP contribution in [0.2, 0.25) is 0 Å². The second-order valence-corrected chi connectivity index (χ2v) is 13.2. The molecule has 0 rings (SSSR count). The van der Waals surface area contributed by atoms with Crippen LogP contribution in [-0.4, -0.2) is 37.0 Å². The van der Waals surface area contributed by atoms with Gasteiger partial charge in [-0.05, 0) is 75.5 Å². The Labute approximate surface area is 238 Å². The average Bonchev–Trinajstić information content (AvgIpc) is 2.67. The van der Waals surface area contributed by atoms with Crippen LogP contribution in [0.25, 0.3) is 0 Å². The van der Waals surface area contributed by atoms with E-state index in [-0.39, 0.29) is 69.0 Å². The molecule has 0 saturated carbocycles. The van der Waals surface area contributed by atoms with Gasteiger partial charge >= 0.3 is 0 Å². The number of rotatable bonds is 18. The van der Waals surface area contributed by atoms with Crippen LogP contribution in [0.1, 0.15) is 119 Å². The van der Waals surface area contributed by atoms with E-state index in [2.05, 4.69) is 41.5 Å². The van der Waals surface area contributed by atoms with Crippen molar-refractivity contribution < 1.29 is 21.1 Å². The van der Waals surface area contributed by atoms with Gasteiger partial charge in [-0.3, -0.25) is 0 Å². The molecule has 0 N–H and O–H groups in total. The molecule has 0 atom stereocenters. The minimum Gasteiger partial charge on any atom is -0.107 e. The summed E-state index contributed by atoms with van der Waals surface area (Å²) < 4.78 is 0. The van der Waals surface area contributed by atoms with E-state index in [1.54, 1.807) is 37.0 Å². The van der Waals surface area contributed by atoms with Crippen LogP contribution in [0, 0.1) is 0 Å². The van der Waals surface area contributed by atoms with E-state index in [0.29, 0.717) is 15.8 Å². The third kappa shape index (κ3) is 35.8. The van der Waals surface area contributed by atoms with E-state index in [1.165, 1.54) is 77.0 Å². The summed E-state index contributed by atoms with van der Waals surface area (Å²) in [6, 6.07) is 0. The summed E-state index contributed by atoms with van der Waals surface area (Å²) >= 11 is 0. The summed E-state index contributed by atoms with van der Waals surface area (Å²) in [4.78, 5) is 0. The first-order valence-electron chi connectivity index (χ1n) is 12.1. The first-order valence-corrected chi connectivity index (χ1v) is 15.9.